The Morgan fingerprint density at radius 2 is 1.58 bits per heavy atom. The van der Waals surface area contributed by atoms with Crippen LogP contribution in [0, 0.1) is 0 Å². The average molecular weight is 292 g/mol. The fourth-order valence-corrected chi connectivity index (χ4v) is 1.66. The molecule has 0 aliphatic carbocycles. The number of alkyl halides is 2. The van der Waals surface area contributed by atoms with Gasteiger partial charge in [0.25, 0.3) is 0 Å². The topological polar surface area (TPSA) is 17.1 Å². The molecule has 1 aromatic carbocycles. The Bertz CT molecular complexity index is 262. The van der Waals surface area contributed by atoms with E-state index < -0.39 is 0 Å². The molecule has 0 saturated heterocycles. The zero-order chi connectivity index (χ0) is 8.97. The molecule has 0 aliphatic rings. The van der Waals surface area contributed by atoms with E-state index in [1.54, 1.807) is 0 Å². The van der Waals surface area contributed by atoms with Crippen molar-refractivity contribution in [3.8, 4) is 0 Å². The summed E-state index contributed by atoms with van der Waals surface area (Å²) in [6.07, 6.45) is 0.873. The van der Waals surface area contributed by atoms with Gasteiger partial charge in [0.15, 0.2) is 0 Å². The van der Waals surface area contributed by atoms with Crippen molar-refractivity contribution in [2.75, 3.05) is 0 Å². The molecule has 0 bridgehead atoms. The Balaban J connectivity index is 3.09. The van der Waals surface area contributed by atoms with Gasteiger partial charge < -0.3 is 0 Å². The highest BCUT2D eigenvalue weighted by molar-refractivity contribution is 9.08. The van der Waals surface area contributed by atoms with Gasteiger partial charge >= 0.3 is 0 Å². The maximum absolute atomic E-state index is 10.5. The molecular formula is C9H8Br2O. The lowest BCUT2D eigenvalue weighted by Gasteiger charge is -2.01. The quantitative estimate of drug-likeness (QED) is 0.617. The van der Waals surface area contributed by atoms with Gasteiger partial charge in [-0.05, 0) is 23.3 Å². The Morgan fingerprint density at radius 1 is 1.08 bits per heavy atom. The predicted octanol–water partition coefficient (Wildman–Crippen LogP) is 3.29. The SMILES string of the molecule is O=Cc1cc(CBr)cc(CBr)c1. The molecule has 0 heterocycles. The van der Waals surface area contributed by atoms with Crippen LogP contribution >= 0.6 is 31.9 Å². The van der Waals surface area contributed by atoms with Crippen molar-refractivity contribution in [2.45, 2.75) is 10.7 Å². The number of aldehydes is 1. The summed E-state index contributed by atoms with van der Waals surface area (Å²) >= 11 is 6.71. The van der Waals surface area contributed by atoms with Crippen LogP contribution in [0.4, 0.5) is 0 Å². The van der Waals surface area contributed by atoms with Crippen molar-refractivity contribution in [1.82, 2.24) is 0 Å². The largest absolute Gasteiger partial charge is 0.298 e. The van der Waals surface area contributed by atoms with Gasteiger partial charge in [0.1, 0.15) is 6.29 Å². The van der Waals surface area contributed by atoms with Crippen LogP contribution in [0.25, 0.3) is 0 Å². The third kappa shape index (κ3) is 2.42. The number of carbonyl (C=O) groups is 1. The van der Waals surface area contributed by atoms with Crippen LogP contribution in [0.5, 0.6) is 0 Å². The van der Waals surface area contributed by atoms with Gasteiger partial charge in [0.05, 0.1) is 0 Å². The monoisotopic (exact) mass is 290 g/mol. The first kappa shape index (κ1) is 9.93. The number of hydrogen-bond donors (Lipinski definition) is 0. The second-order valence-electron chi connectivity index (χ2n) is 2.47. The summed E-state index contributed by atoms with van der Waals surface area (Å²) in [5.41, 5.74) is 3.00. The molecule has 0 radical (unpaired) electrons. The first-order chi connectivity index (χ1) is 5.80. The highest BCUT2D eigenvalue weighted by atomic mass is 79.9. The minimum absolute atomic E-state index is 0.737. The number of benzene rings is 1. The first-order valence-corrected chi connectivity index (χ1v) is 5.74. The van der Waals surface area contributed by atoms with E-state index in [0.717, 1.165) is 33.6 Å². The Hall–Kier alpha value is -0.150. The summed E-state index contributed by atoms with van der Waals surface area (Å²) in [6, 6.07) is 5.83. The fraction of sp³-hybridized carbons (Fsp3) is 0.222. The predicted molar refractivity (Wildman–Crippen MR) is 57.1 cm³/mol. The van der Waals surface area contributed by atoms with E-state index in [1.807, 2.05) is 12.1 Å². The molecule has 0 N–H and O–H groups in total. The maximum Gasteiger partial charge on any atom is 0.150 e. The summed E-state index contributed by atoms with van der Waals surface area (Å²) in [5, 5.41) is 1.57. The summed E-state index contributed by atoms with van der Waals surface area (Å²) in [7, 11) is 0. The van der Waals surface area contributed by atoms with Crippen molar-refractivity contribution >= 4 is 38.1 Å². The lowest BCUT2D eigenvalue weighted by atomic mass is 10.1. The standard InChI is InChI=1S/C9H8Br2O/c10-4-7-1-8(5-11)3-9(2-7)6-12/h1-3,6H,4-5H2. The van der Waals surface area contributed by atoms with Gasteiger partial charge in [-0.3, -0.25) is 4.79 Å². The number of hydrogen-bond acceptors (Lipinski definition) is 1. The second kappa shape index (κ2) is 4.77. The number of rotatable bonds is 3. The lowest BCUT2D eigenvalue weighted by molar-refractivity contribution is 0.112. The van der Waals surface area contributed by atoms with Crippen LogP contribution in [-0.4, -0.2) is 6.29 Å². The van der Waals surface area contributed by atoms with E-state index in [9.17, 15) is 4.79 Å². The molecule has 3 heteroatoms. The number of halogens is 2. The van der Waals surface area contributed by atoms with Crippen molar-refractivity contribution in [3.63, 3.8) is 0 Å². The van der Waals surface area contributed by atoms with E-state index in [2.05, 4.69) is 37.9 Å². The molecule has 0 saturated carbocycles. The van der Waals surface area contributed by atoms with Crippen LogP contribution in [-0.2, 0) is 10.7 Å². The molecule has 0 unspecified atom stereocenters. The molecule has 0 atom stereocenters. The minimum Gasteiger partial charge on any atom is -0.298 e. The Kier molecular flexibility index (Phi) is 3.95. The molecule has 0 amide bonds. The van der Waals surface area contributed by atoms with Crippen LogP contribution < -0.4 is 0 Å². The third-order valence-electron chi connectivity index (χ3n) is 1.52. The molecule has 0 fully saturated rings. The van der Waals surface area contributed by atoms with E-state index in [4.69, 9.17) is 0 Å². The summed E-state index contributed by atoms with van der Waals surface area (Å²) in [6.45, 7) is 0. The fourth-order valence-electron chi connectivity index (χ4n) is 1.01. The molecule has 64 valence electrons. The summed E-state index contributed by atoms with van der Waals surface area (Å²) in [4.78, 5) is 10.5. The van der Waals surface area contributed by atoms with Crippen molar-refractivity contribution in [2.24, 2.45) is 0 Å². The molecule has 1 nitrogen and oxygen atoms in total. The molecule has 0 aromatic heterocycles. The van der Waals surface area contributed by atoms with Gasteiger partial charge in [-0.1, -0.05) is 37.9 Å². The highest BCUT2D eigenvalue weighted by Gasteiger charge is 1.98. The smallest absolute Gasteiger partial charge is 0.150 e. The van der Waals surface area contributed by atoms with Gasteiger partial charge in [-0.15, -0.1) is 0 Å². The van der Waals surface area contributed by atoms with Gasteiger partial charge in [0.2, 0.25) is 0 Å². The van der Waals surface area contributed by atoms with Gasteiger partial charge in [-0.25, -0.2) is 0 Å². The van der Waals surface area contributed by atoms with Crippen LogP contribution in [0.2, 0.25) is 0 Å². The van der Waals surface area contributed by atoms with Crippen LogP contribution in [0.1, 0.15) is 21.5 Å². The van der Waals surface area contributed by atoms with Crippen molar-refractivity contribution in [3.05, 3.63) is 34.9 Å². The number of carbonyl (C=O) groups excluding carboxylic acids is 1. The minimum atomic E-state index is 0.737. The zero-order valence-electron chi connectivity index (χ0n) is 6.39. The molecule has 12 heavy (non-hydrogen) atoms. The van der Waals surface area contributed by atoms with E-state index in [1.165, 1.54) is 0 Å². The molecule has 1 rings (SSSR count). The van der Waals surface area contributed by atoms with Crippen molar-refractivity contribution in [1.29, 1.82) is 0 Å². The van der Waals surface area contributed by atoms with Gasteiger partial charge in [-0.2, -0.15) is 0 Å². The Labute approximate surface area is 88.4 Å². The lowest BCUT2D eigenvalue weighted by Crippen LogP contribution is -1.88. The summed E-state index contributed by atoms with van der Waals surface area (Å²) < 4.78 is 0. The van der Waals surface area contributed by atoms with Crippen LogP contribution in [0.15, 0.2) is 18.2 Å². The third-order valence-corrected chi connectivity index (χ3v) is 2.81. The van der Waals surface area contributed by atoms with Crippen LogP contribution in [0.3, 0.4) is 0 Å². The second-order valence-corrected chi connectivity index (χ2v) is 3.59. The normalized spacial score (nSPS) is 9.83. The van der Waals surface area contributed by atoms with E-state index in [0.29, 0.717) is 0 Å². The zero-order valence-corrected chi connectivity index (χ0v) is 9.56. The summed E-state index contributed by atoms with van der Waals surface area (Å²) in [5.74, 6) is 0. The highest BCUT2D eigenvalue weighted by Crippen LogP contribution is 2.14. The first-order valence-electron chi connectivity index (χ1n) is 3.50. The average Bonchev–Trinajstić information content (AvgIpc) is 2.16. The molecule has 0 spiro atoms. The van der Waals surface area contributed by atoms with E-state index in [-0.39, 0.29) is 0 Å². The molecular weight excluding hydrogens is 284 g/mol. The molecule has 1 aromatic rings. The molecule has 0 aliphatic heterocycles. The van der Waals surface area contributed by atoms with Crippen molar-refractivity contribution < 1.29 is 4.79 Å². The Morgan fingerprint density at radius 3 is 1.92 bits per heavy atom. The van der Waals surface area contributed by atoms with Gasteiger partial charge in [0, 0.05) is 16.2 Å². The maximum atomic E-state index is 10.5. The van der Waals surface area contributed by atoms with E-state index >= 15 is 0 Å².